The molecule has 0 bridgehead atoms. The number of thioether (sulfide) groups is 1. The third-order valence-corrected chi connectivity index (χ3v) is 5.07. The molecule has 1 saturated heterocycles. The Morgan fingerprint density at radius 3 is 2.48 bits per heavy atom. The number of ether oxygens (including phenoxy) is 2. The lowest BCUT2D eigenvalue weighted by atomic mass is 10.2. The van der Waals surface area contributed by atoms with Crippen molar-refractivity contribution in [2.45, 2.75) is 19.9 Å². The van der Waals surface area contributed by atoms with E-state index < -0.39 is 5.97 Å². The summed E-state index contributed by atoms with van der Waals surface area (Å²) in [5, 5.41) is 9.19. The van der Waals surface area contributed by atoms with Gasteiger partial charge < -0.3 is 14.6 Å². The van der Waals surface area contributed by atoms with E-state index in [1.165, 1.54) is 11.8 Å². The van der Waals surface area contributed by atoms with Gasteiger partial charge in [0.1, 0.15) is 19.0 Å². The molecular formula is C23H24N2O5S. The number of amidine groups is 1. The fraction of sp³-hybridized carbons (Fsp3) is 0.261. The Balaban J connectivity index is 1.69. The van der Waals surface area contributed by atoms with Gasteiger partial charge in [0, 0.05) is 6.04 Å². The van der Waals surface area contributed by atoms with Crippen molar-refractivity contribution in [2.75, 3.05) is 24.7 Å². The summed E-state index contributed by atoms with van der Waals surface area (Å²) >= 11 is 1.36. The number of hydrogen-bond acceptors (Lipinski definition) is 6. The number of benzene rings is 2. The average Bonchev–Trinajstić information content (AvgIpc) is 3.03. The van der Waals surface area contributed by atoms with E-state index in [2.05, 4.69) is 4.99 Å². The van der Waals surface area contributed by atoms with E-state index in [4.69, 9.17) is 14.6 Å². The van der Waals surface area contributed by atoms with Crippen LogP contribution in [-0.4, -0.2) is 48.0 Å². The maximum atomic E-state index is 13.1. The number of hydrogen-bond donors (Lipinski definition) is 1. The zero-order valence-electron chi connectivity index (χ0n) is 17.4. The Labute approximate surface area is 185 Å². The molecule has 1 heterocycles. The number of anilines is 1. The molecule has 31 heavy (non-hydrogen) atoms. The van der Waals surface area contributed by atoms with Crippen LogP contribution in [0, 0.1) is 0 Å². The molecule has 3 rings (SSSR count). The minimum atomic E-state index is -1.01. The Morgan fingerprint density at radius 1 is 1.13 bits per heavy atom. The second-order valence-corrected chi connectivity index (χ2v) is 7.97. The monoisotopic (exact) mass is 440 g/mol. The van der Waals surface area contributed by atoms with E-state index in [0.717, 1.165) is 11.3 Å². The normalized spacial score (nSPS) is 16.5. The van der Waals surface area contributed by atoms with Crippen molar-refractivity contribution in [3.05, 3.63) is 65.1 Å². The van der Waals surface area contributed by atoms with E-state index in [1.807, 2.05) is 62.4 Å². The molecule has 0 aliphatic carbocycles. The molecule has 1 aliphatic heterocycles. The van der Waals surface area contributed by atoms with Gasteiger partial charge in [-0.15, -0.1) is 0 Å². The minimum Gasteiger partial charge on any atom is -0.491 e. The Hall–Kier alpha value is -3.10. The van der Waals surface area contributed by atoms with Crippen LogP contribution < -0.4 is 9.64 Å². The lowest BCUT2D eigenvalue weighted by molar-refractivity contribution is -0.142. The first kappa shape index (κ1) is 22.6. The van der Waals surface area contributed by atoms with Crippen LogP contribution in [0.3, 0.4) is 0 Å². The fourth-order valence-electron chi connectivity index (χ4n) is 2.78. The van der Waals surface area contributed by atoms with Gasteiger partial charge in [0.05, 0.1) is 17.2 Å². The Morgan fingerprint density at radius 2 is 1.84 bits per heavy atom. The summed E-state index contributed by atoms with van der Waals surface area (Å²) in [6.07, 6.45) is 1.84. The van der Waals surface area contributed by atoms with Gasteiger partial charge in [0.2, 0.25) is 0 Å². The number of carbonyl (C=O) groups is 2. The first-order chi connectivity index (χ1) is 14.9. The third kappa shape index (κ3) is 6.44. The van der Waals surface area contributed by atoms with Gasteiger partial charge in [-0.25, -0.2) is 4.79 Å². The summed E-state index contributed by atoms with van der Waals surface area (Å²) in [7, 11) is 0. The molecule has 0 saturated carbocycles. The number of carbonyl (C=O) groups excluding carboxylic acids is 1. The highest BCUT2D eigenvalue weighted by atomic mass is 32.2. The van der Waals surface area contributed by atoms with Crippen LogP contribution in [0.25, 0.3) is 6.08 Å². The molecule has 1 amide bonds. The van der Waals surface area contributed by atoms with Crippen molar-refractivity contribution in [3.8, 4) is 5.75 Å². The molecule has 162 valence electrons. The van der Waals surface area contributed by atoms with Crippen molar-refractivity contribution < 1.29 is 24.2 Å². The van der Waals surface area contributed by atoms with Gasteiger partial charge in [-0.05, 0) is 61.5 Å². The molecule has 1 fully saturated rings. The maximum Gasteiger partial charge on any atom is 0.329 e. The van der Waals surface area contributed by atoms with Crippen LogP contribution in [0.2, 0.25) is 0 Å². The standard InChI is InChI=1S/C23H24N2O5S/c1-16(2)24-23-25(18-6-4-3-5-7-18)22(28)20(31-23)14-17-8-10-19(11-9-17)30-13-12-29-15-21(26)27/h3-11,14,16H,12-13,15H2,1-2H3,(H,26,27)/b20-14-,24-23?. The third-order valence-electron chi connectivity index (χ3n) is 4.09. The van der Waals surface area contributed by atoms with Crippen molar-refractivity contribution >= 4 is 40.6 Å². The molecule has 2 aromatic rings. The first-order valence-electron chi connectivity index (χ1n) is 9.83. The van der Waals surface area contributed by atoms with Gasteiger partial charge in [-0.2, -0.15) is 0 Å². The second kappa shape index (κ2) is 10.8. The predicted octanol–water partition coefficient (Wildman–Crippen LogP) is 4.05. The molecule has 7 nitrogen and oxygen atoms in total. The summed E-state index contributed by atoms with van der Waals surface area (Å²) in [6.45, 7) is 4.06. The van der Waals surface area contributed by atoms with E-state index in [9.17, 15) is 9.59 Å². The molecule has 1 N–H and O–H groups in total. The summed E-state index contributed by atoms with van der Waals surface area (Å²) < 4.78 is 10.5. The van der Waals surface area contributed by atoms with E-state index >= 15 is 0 Å². The van der Waals surface area contributed by atoms with Gasteiger partial charge in [0.15, 0.2) is 5.17 Å². The van der Waals surface area contributed by atoms with Crippen LogP contribution >= 0.6 is 11.8 Å². The summed E-state index contributed by atoms with van der Waals surface area (Å²) in [4.78, 5) is 30.4. The van der Waals surface area contributed by atoms with Crippen molar-refractivity contribution in [3.63, 3.8) is 0 Å². The highest BCUT2D eigenvalue weighted by Gasteiger charge is 2.34. The van der Waals surface area contributed by atoms with Crippen molar-refractivity contribution in [2.24, 2.45) is 4.99 Å². The molecule has 0 spiro atoms. The Bertz CT molecular complexity index is 971. The number of aliphatic carboxylic acids is 1. The number of para-hydroxylation sites is 1. The average molecular weight is 441 g/mol. The molecular weight excluding hydrogens is 416 g/mol. The summed E-state index contributed by atoms with van der Waals surface area (Å²) in [5.74, 6) is -0.477. The summed E-state index contributed by atoms with van der Waals surface area (Å²) in [5.41, 5.74) is 1.65. The molecule has 8 heteroatoms. The van der Waals surface area contributed by atoms with Crippen LogP contribution in [0.5, 0.6) is 5.75 Å². The molecule has 0 atom stereocenters. The first-order valence-corrected chi connectivity index (χ1v) is 10.6. The molecule has 0 unspecified atom stereocenters. The highest BCUT2D eigenvalue weighted by Crippen LogP contribution is 2.36. The zero-order chi connectivity index (χ0) is 22.2. The van der Waals surface area contributed by atoms with E-state index in [-0.39, 0.29) is 31.8 Å². The number of carboxylic acids is 1. The van der Waals surface area contributed by atoms with Crippen LogP contribution in [-0.2, 0) is 14.3 Å². The maximum absolute atomic E-state index is 13.1. The SMILES string of the molecule is CC(C)N=C1S/C(=C\c2ccc(OCCOCC(=O)O)cc2)C(=O)N1c1ccccc1. The van der Waals surface area contributed by atoms with Crippen LogP contribution in [0.15, 0.2) is 64.5 Å². The minimum absolute atomic E-state index is 0.0665. The number of nitrogens with zero attached hydrogens (tertiary/aromatic N) is 2. The quantitative estimate of drug-likeness (QED) is 0.467. The molecule has 2 aromatic carbocycles. The van der Waals surface area contributed by atoms with Crippen LogP contribution in [0.1, 0.15) is 19.4 Å². The van der Waals surface area contributed by atoms with Crippen LogP contribution in [0.4, 0.5) is 5.69 Å². The van der Waals surface area contributed by atoms with E-state index in [1.54, 1.807) is 17.0 Å². The zero-order valence-corrected chi connectivity index (χ0v) is 18.2. The largest absolute Gasteiger partial charge is 0.491 e. The van der Waals surface area contributed by atoms with Gasteiger partial charge >= 0.3 is 5.97 Å². The van der Waals surface area contributed by atoms with Crippen molar-refractivity contribution in [1.82, 2.24) is 0 Å². The lowest BCUT2D eigenvalue weighted by Crippen LogP contribution is -2.29. The van der Waals surface area contributed by atoms with Gasteiger partial charge in [-0.3, -0.25) is 14.7 Å². The number of carboxylic acid groups (broad SMARTS) is 1. The Kier molecular flexibility index (Phi) is 7.86. The highest BCUT2D eigenvalue weighted by molar-refractivity contribution is 8.19. The van der Waals surface area contributed by atoms with Gasteiger partial charge in [-0.1, -0.05) is 30.3 Å². The predicted molar refractivity (Wildman–Crippen MR) is 122 cm³/mol. The second-order valence-electron chi connectivity index (χ2n) is 6.96. The molecule has 0 aromatic heterocycles. The summed E-state index contributed by atoms with van der Waals surface area (Å²) in [6, 6.07) is 16.9. The fourth-order valence-corrected chi connectivity index (χ4v) is 3.89. The lowest BCUT2D eigenvalue weighted by Gasteiger charge is -2.16. The van der Waals surface area contributed by atoms with E-state index in [0.29, 0.717) is 15.8 Å². The number of rotatable bonds is 9. The van der Waals surface area contributed by atoms with Gasteiger partial charge in [0.25, 0.3) is 5.91 Å². The molecule has 1 aliphatic rings. The van der Waals surface area contributed by atoms with Crippen molar-refractivity contribution in [1.29, 1.82) is 0 Å². The number of amides is 1. The number of aliphatic imine (C=N–C) groups is 1. The topological polar surface area (TPSA) is 88.4 Å². The smallest absolute Gasteiger partial charge is 0.329 e. The molecule has 0 radical (unpaired) electrons.